The molecular formula is C17H22N2S. The van der Waals surface area contributed by atoms with Gasteiger partial charge in [0.05, 0.1) is 5.69 Å². The minimum absolute atomic E-state index is 0.421. The average molecular weight is 286 g/mol. The summed E-state index contributed by atoms with van der Waals surface area (Å²) in [4.78, 5) is 5.64. The Morgan fingerprint density at radius 1 is 1.15 bits per heavy atom. The molecule has 1 aromatic carbocycles. The van der Waals surface area contributed by atoms with Gasteiger partial charge in [0.2, 0.25) is 0 Å². The first-order valence-electron chi connectivity index (χ1n) is 7.15. The first kappa shape index (κ1) is 15.1. The molecule has 20 heavy (non-hydrogen) atoms. The SMILES string of the molecule is CCCNC(C)c1ccc(SCc2ccccn2)cc1. The molecule has 0 aliphatic heterocycles. The van der Waals surface area contributed by atoms with Crippen LogP contribution in [0.1, 0.15) is 37.6 Å². The van der Waals surface area contributed by atoms with Crippen LogP contribution in [0.25, 0.3) is 0 Å². The van der Waals surface area contributed by atoms with Gasteiger partial charge >= 0.3 is 0 Å². The Morgan fingerprint density at radius 2 is 1.95 bits per heavy atom. The molecule has 0 aliphatic carbocycles. The molecule has 0 amide bonds. The number of nitrogens with zero attached hydrogens (tertiary/aromatic N) is 1. The highest BCUT2D eigenvalue weighted by Gasteiger charge is 2.04. The highest BCUT2D eigenvalue weighted by atomic mass is 32.2. The molecule has 0 radical (unpaired) electrons. The van der Waals surface area contributed by atoms with E-state index in [1.54, 1.807) is 0 Å². The van der Waals surface area contributed by atoms with Gasteiger partial charge < -0.3 is 5.32 Å². The number of benzene rings is 1. The van der Waals surface area contributed by atoms with E-state index >= 15 is 0 Å². The Bertz CT molecular complexity index is 496. The van der Waals surface area contributed by atoms with Crippen molar-refractivity contribution < 1.29 is 0 Å². The van der Waals surface area contributed by atoms with Crippen LogP contribution in [0.15, 0.2) is 53.6 Å². The van der Waals surface area contributed by atoms with Gasteiger partial charge in [-0.25, -0.2) is 0 Å². The Balaban J connectivity index is 1.88. The van der Waals surface area contributed by atoms with E-state index in [1.165, 1.54) is 16.9 Å². The van der Waals surface area contributed by atoms with Crippen molar-refractivity contribution >= 4 is 11.8 Å². The van der Waals surface area contributed by atoms with E-state index in [1.807, 2.05) is 30.1 Å². The molecule has 0 bridgehead atoms. The highest BCUT2D eigenvalue weighted by molar-refractivity contribution is 7.98. The van der Waals surface area contributed by atoms with Crippen molar-refractivity contribution in [3.8, 4) is 0 Å². The first-order valence-corrected chi connectivity index (χ1v) is 8.14. The van der Waals surface area contributed by atoms with Crippen molar-refractivity contribution in [1.29, 1.82) is 0 Å². The number of hydrogen-bond acceptors (Lipinski definition) is 3. The monoisotopic (exact) mass is 286 g/mol. The van der Waals surface area contributed by atoms with Gasteiger partial charge in [0, 0.05) is 22.9 Å². The molecule has 1 heterocycles. The molecule has 1 N–H and O–H groups in total. The Kier molecular flexibility index (Phi) is 6.09. The summed E-state index contributed by atoms with van der Waals surface area (Å²) >= 11 is 1.83. The lowest BCUT2D eigenvalue weighted by Gasteiger charge is -2.14. The summed E-state index contributed by atoms with van der Waals surface area (Å²) in [5.41, 5.74) is 2.47. The van der Waals surface area contributed by atoms with E-state index in [0.717, 1.165) is 18.0 Å². The third-order valence-electron chi connectivity index (χ3n) is 3.19. The standard InChI is InChI=1S/C17H22N2S/c1-3-11-18-14(2)15-7-9-17(10-8-15)20-13-16-6-4-5-12-19-16/h4-10,12,14,18H,3,11,13H2,1-2H3. The molecule has 0 fully saturated rings. The largest absolute Gasteiger partial charge is 0.310 e. The Morgan fingerprint density at radius 3 is 2.60 bits per heavy atom. The predicted octanol–water partition coefficient (Wildman–Crippen LogP) is 4.43. The molecule has 0 aliphatic rings. The number of hydrogen-bond donors (Lipinski definition) is 1. The zero-order chi connectivity index (χ0) is 14.2. The zero-order valence-electron chi connectivity index (χ0n) is 12.2. The maximum absolute atomic E-state index is 4.34. The zero-order valence-corrected chi connectivity index (χ0v) is 13.0. The van der Waals surface area contributed by atoms with Crippen LogP contribution in [0.4, 0.5) is 0 Å². The second kappa shape index (κ2) is 8.08. The minimum Gasteiger partial charge on any atom is -0.310 e. The molecule has 2 nitrogen and oxygen atoms in total. The minimum atomic E-state index is 0.421. The lowest BCUT2D eigenvalue weighted by Crippen LogP contribution is -2.19. The Labute approximate surface area is 126 Å². The van der Waals surface area contributed by atoms with E-state index in [0.29, 0.717) is 6.04 Å². The molecular weight excluding hydrogens is 264 g/mol. The van der Waals surface area contributed by atoms with Crippen LogP contribution < -0.4 is 5.32 Å². The number of rotatable bonds is 7. The number of aromatic nitrogens is 1. The van der Waals surface area contributed by atoms with Crippen molar-refractivity contribution in [1.82, 2.24) is 10.3 Å². The van der Waals surface area contributed by atoms with Crippen LogP contribution in [-0.4, -0.2) is 11.5 Å². The van der Waals surface area contributed by atoms with Crippen molar-refractivity contribution in [2.45, 2.75) is 37.0 Å². The fraction of sp³-hybridized carbons (Fsp3) is 0.353. The van der Waals surface area contributed by atoms with Gasteiger partial charge in [-0.3, -0.25) is 4.98 Å². The third-order valence-corrected chi connectivity index (χ3v) is 4.24. The molecule has 1 unspecified atom stereocenters. The van der Waals surface area contributed by atoms with Gasteiger partial charge in [0.15, 0.2) is 0 Å². The summed E-state index contributed by atoms with van der Waals surface area (Å²) in [6, 6.07) is 15.3. The molecule has 0 spiro atoms. The van der Waals surface area contributed by atoms with Crippen LogP contribution in [0, 0.1) is 0 Å². The topological polar surface area (TPSA) is 24.9 Å². The summed E-state index contributed by atoms with van der Waals surface area (Å²) in [6.45, 7) is 5.47. The fourth-order valence-corrected chi connectivity index (χ4v) is 2.79. The maximum atomic E-state index is 4.34. The quantitative estimate of drug-likeness (QED) is 0.762. The molecule has 1 atom stereocenters. The van der Waals surface area contributed by atoms with Gasteiger partial charge in [0.25, 0.3) is 0 Å². The number of nitrogens with one attached hydrogen (secondary N) is 1. The van der Waals surface area contributed by atoms with Gasteiger partial charge in [-0.2, -0.15) is 0 Å². The van der Waals surface area contributed by atoms with Crippen LogP contribution in [0.5, 0.6) is 0 Å². The van der Waals surface area contributed by atoms with E-state index in [9.17, 15) is 0 Å². The normalized spacial score (nSPS) is 12.3. The van der Waals surface area contributed by atoms with E-state index < -0.39 is 0 Å². The van der Waals surface area contributed by atoms with Gasteiger partial charge in [-0.05, 0) is 49.7 Å². The fourth-order valence-electron chi connectivity index (χ4n) is 1.97. The Hall–Kier alpha value is -1.32. The lowest BCUT2D eigenvalue weighted by atomic mass is 10.1. The molecule has 0 saturated heterocycles. The summed E-state index contributed by atoms with van der Waals surface area (Å²) in [6.07, 6.45) is 3.02. The lowest BCUT2D eigenvalue weighted by molar-refractivity contribution is 0.570. The summed E-state index contributed by atoms with van der Waals surface area (Å²) < 4.78 is 0. The molecule has 1 aromatic heterocycles. The van der Waals surface area contributed by atoms with E-state index in [-0.39, 0.29) is 0 Å². The van der Waals surface area contributed by atoms with Gasteiger partial charge in [-0.15, -0.1) is 11.8 Å². The summed E-state index contributed by atoms with van der Waals surface area (Å²) in [5.74, 6) is 0.920. The van der Waals surface area contributed by atoms with E-state index in [4.69, 9.17) is 0 Å². The average Bonchev–Trinajstić information content (AvgIpc) is 2.52. The molecule has 0 saturated carbocycles. The van der Waals surface area contributed by atoms with Crippen LogP contribution in [0.2, 0.25) is 0 Å². The van der Waals surface area contributed by atoms with Crippen molar-refractivity contribution in [2.24, 2.45) is 0 Å². The maximum Gasteiger partial charge on any atom is 0.0506 e. The highest BCUT2D eigenvalue weighted by Crippen LogP contribution is 2.23. The summed E-state index contributed by atoms with van der Waals surface area (Å²) in [7, 11) is 0. The molecule has 106 valence electrons. The predicted molar refractivity (Wildman–Crippen MR) is 86.9 cm³/mol. The van der Waals surface area contributed by atoms with Crippen LogP contribution in [-0.2, 0) is 5.75 Å². The third kappa shape index (κ3) is 4.66. The first-order chi connectivity index (χ1) is 9.79. The second-order valence-electron chi connectivity index (χ2n) is 4.85. The van der Waals surface area contributed by atoms with Crippen molar-refractivity contribution in [2.75, 3.05) is 6.54 Å². The smallest absolute Gasteiger partial charge is 0.0506 e. The molecule has 3 heteroatoms. The van der Waals surface area contributed by atoms with Crippen molar-refractivity contribution in [3.63, 3.8) is 0 Å². The van der Waals surface area contributed by atoms with Crippen LogP contribution >= 0.6 is 11.8 Å². The second-order valence-corrected chi connectivity index (χ2v) is 5.90. The van der Waals surface area contributed by atoms with Crippen LogP contribution in [0.3, 0.4) is 0 Å². The molecule has 2 rings (SSSR count). The van der Waals surface area contributed by atoms with Gasteiger partial charge in [0.1, 0.15) is 0 Å². The number of pyridine rings is 1. The number of thioether (sulfide) groups is 1. The summed E-state index contributed by atoms with van der Waals surface area (Å²) in [5, 5.41) is 3.51. The molecule has 2 aromatic rings. The van der Waals surface area contributed by atoms with E-state index in [2.05, 4.69) is 54.5 Å². The van der Waals surface area contributed by atoms with Gasteiger partial charge in [-0.1, -0.05) is 25.1 Å². The van der Waals surface area contributed by atoms with Crippen molar-refractivity contribution in [3.05, 3.63) is 59.9 Å².